The Labute approximate surface area is 120 Å². The molecule has 1 aromatic carbocycles. The van der Waals surface area contributed by atoms with Crippen LogP contribution in [0.3, 0.4) is 0 Å². The van der Waals surface area contributed by atoms with Gasteiger partial charge in [-0.15, -0.1) is 10.2 Å². The predicted molar refractivity (Wildman–Crippen MR) is 75.2 cm³/mol. The number of thioether (sulfide) groups is 1. The molecule has 1 unspecified atom stereocenters. The van der Waals surface area contributed by atoms with Gasteiger partial charge in [0.1, 0.15) is 12.1 Å². The second kappa shape index (κ2) is 6.42. The molecule has 0 spiro atoms. The third-order valence-corrected chi connectivity index (χ3v) is 3.82. The number of carboxylic acid groups (broad SMARTS) is 1. The fraction of sp³-hybridized carbons (Fsp3) is 0.308. The standard InChI is InChI=1S/C13H15N3O3S/c1-9(10-3-5-11(19-2)6-4-10)16-8-14-15-13(16)20-7-12(17)18/h3-6,8-9H,7H2,1-2H3,(H,17,18). The highest BCUT2D eigenvalue weighted by atomic mass is 32.2. The van der Waals surface area contributed by atoms with Crippen LogP contribution in [-0.2, 0) is 4.79 Å². The van der Waals surface area contributed by atoms with E-state index in [0.717, 1.165) is 23.1 Å². The van der Waals surface area contributed by atoms with E-state index in [1.165, 1.54) is 0 Å². The summed E-state index contributed by atoms with van der Waals surface area (Å²) in [6.45, 7) is 2.01. The number of carbonyl (C=O) groups is 1. The van der Waals surface area contributed by atoms with Crippen LogP contribution in [0.25, 0.3) is 0 Å². The van der Waals surface area contributed by atoms with Crippen molar-refractivity contribution in [1.29, 1.82) is 0 Å². The Morgan fingerprint density at radius 3 is 2.75 bits per heavy atom. The van der Waals surface area contributed by atoms with Gasteiger partial charge in [0.15, 0.2) is 5.16 Å². The summed E-state index contributed by atoms with van der Waals surface area (Å²) < 4.78 is 6.98. The van der Waals surface area contributed by atoms with Gasteiger partial charge in [0.2, 0.25) is 0 Å². The van der Waals surface area contributed by atoms with Crippen LogP contribution in [0.1, 0.15) is 18.5 Å². The van der Waals surface area contributed by atoms with Gasteiger partial charge in [-0.3, -0.25) is 4.79 Å². The molecule has 0 radical (unpaired) electrons. The Morgan fingerprint density at radius 1 is 1.45 bits per heavy atom. The molecule has 0 saturated carbocycles. The largest absolute Gasteiger partial charge is 0.497 e. The van der Waals surface area contributed by atoms with E-state index in [-0.39, 0.29) is 11.8 Å². The lowest BCUT2D eigenvalue weighted by Gasteiger charge is -2.15. The van der Waals surface area contributed by atoms with Crippen molar-refractivity contribution in [2.24, 2.45) is 0 Å². The summed E-state index contributed by atoms with van der Waals surface area (Å²) in [7, 11) is 1.62. The monoisotopic (exact) mass is 293 g/mol. The molecule has 2 aromatic rings. The van der Waals surface area contributed by atoms with Gasteiger partial charge >= 0.3 is 5.97 Å². The van der Waals surface area contributed by atoms with E-state index in [4.69, 9.17) is 9.84 Å². The van der Waals surface area contributed by atoms with Gasteiger partial charge in [-0.25, -0.2) is 0 Å². The van der Waals surface area contributed by atoms with Crippen LogP contribution in [0.2, 0.25) is 0 Å². The second-order valence-electron chi connectivity index (χ2n) is 4.15. The number of carboxylic acids is 1. The fourth-order valence-corrected chi connectivity index (χ4v) is 2.48. The highest BCUT2D eigenvalue weighted by Crippen LogP contribution is 2.25. The van der Waals surface area contributed by atoms with Gasteiger partial charge in [0.05, 0.1) is 18.9 Å². The Morgan fingerprint density at radius 2 is 2.15 bits per heavy atom. The molecule has 0 aliphatic rings. The quantitative estimate of drug-likeness (QED) is 0.822. The van der Waals surface area contributed by atoms with Gasteiger partial charge in [-0.05, 0) is 24.6 Å². The van der Waals surface area contributed by atoms with Crippen molar-refractivity contribution < 1.29 is 14.6 Å². The van der Waals surface area contributed by atoms with E-state index in [9.17, 15) is 4.79 Å². The van der Waals surface area contributed by atoms with Gasteiger partial charge in [-0.2, -0.15) is 0 Å². The summed E-state index contributed by atoms with van der Waals surface area (Å²) in [4.78, 5) is 10.6. The molecule has 0 fully saturated rings. The van der Waals surface area contributed by atoms with Crippen LogP contribution in [-0.4, -0.2) is 38.7 Å². The van der Waals surface area contributed by atoms with Gasteiger partial charge < -0.3 is 14.4 Å². The summed E-state index contributed by atoms with van der Waals surface area (Å²) in [5, 5.41) is 17.1. The van der Waals surface area contributed by atoms with E-state index < -0.39 is 5.97 Å². The molecule has 0 amide bonds. The fourth-order valence-electron chi connectivity index (χ4n) is 1.77. The van der Waals surface area contributed by atoms with Crippen LogP contribution < -0.4 is 4.74 Å². The molecule has 0 bridgehead atoms. The lowest BCUT2D eigenvalue weighted by Crippen LogP contribution is -2.08. The first-order valence-corrected chi connectivity index (χ1v) is 6.98. The number of methoxy groups -OCH3 is 1. The first kappa shape index (κ1) is 14.4. The van der Waals surface area contributed by atoms with Crippen molar-refractivity contribution in [2.75, 3.05) is 12.9 Å². The summed E-state index contributed by atoms with van der Waals surface area (Å²) >= 11 is 1.16. The number of benzene rings is 1. The number of nitrogens with zero attached hydrogens (tertiary/aromatic N) is 3. The lowest BCUT2D eigenvalue weighted by atomic mass is 10.1. The Balaban J connectivity index is 2.17. The Bertz CT molecular complexity index is 583. The van der Waals surface area contributed by atoms with E-state index in [2.05, 4.69) is 10.2 Å². The number of aliphatic carboxylic acids is 1. The van der Waals surface area contributed by atoms with Crippen molar-refractivity contribution >= 4 is 17.7 Å². The van der Waals surface area contributed by atoms with E-state index in [0.29, 0.717) is 5.16 Å². The van der Waals surface area contributed by atoms with Crippen LogP contribution in [0.15, 0.2) is 35.7 Å². The maximum Gasteiger partial charge on any atom is 0.313 e. The van der Waals surface area contributed by atoms with E-state index in [1.54, 1.807) is 13.4 Å². The van der Waals surface area contributed by atoms with Gasteiger partial charge in [0.25, 0.3) is 0 Å². The zero-order valence-corrected chi connectivity index (χ0v) is 12.0. The van der Waals surface area contributed by atoms with E-state index >= 15 is 0 Å². The lowest BCUT2D eigenvalue weighted by molar-refractivity contribution is -0.133. The van der Waals surface area contributed by atoms with Crippen LogP contribution >= 0.6 is 11.8 Å². The number of hydrogen-bond acceptors (Lipinski definition) is 5. The first-order chi connectivity index (χ1) is 9.61. The van der Waals surface area contributed by atoms with Gasteiger partial charge in [-0.1, -0.05) is 23.9 Å². The minimum Gasteiger partial charge on any atom is -0.497 e. The minimum atomic E-state index is -0.873. The van der Waals surface area contributed by atoms with Crippen LogP contribution in [0.5, 0.6) is 5.75 Å². The first-order valence-electron chi connectivity index (χ1n) is 6.00. The smallest absolute Gasteiger partial charge is 0.313 e. The highest BCUT2D eigenvalue weighted by Gasteiger charge is 2.14. The molecule has 0 aliphatic heterocycles. The molecular formula is C13H15N3O3S. The Kier molecular flexibility index (Phi) is 4.62. The average molecular weight is 293 g/mol. The SMILES string of the molecule is COc1ccc(C(C)n2cnnc2SCC(=O)O)cc1. The maximum atomic E-state index is 10.6. The van der Waals surface area contributed by atoms with Crippen molar-refractivity contribution in [3.8, 4) is 5.75 Å². The van der Waals surface area contributed by atoms with Crippen molar-refractivity contribution in [3.63, 3.8) is 0 Å². The van der Waals surface area contributed by atoms with Crippen molar-refractivity contribution in [1.82, 2.24) is 14.8 Å². The summed E-state index contributed by atoms with van der Waals surface area (Å²) in [5.74, 6) is -0.111. The summed E-state index contributed by atoms with van der Waals surface area (Å²) in [5.41, 5.74) is 1.07. The average Bonchev–Trinajstić information content (AvgIpc) is 2.93. The van der Waals surface area contributed by atoms with Crippen molar-refractivity contribution in [3.05, 3.63) is 36.2 Å². The minimum absolute atomic E-state index is 0.0206. The molecule has 0 aliphatic carbocycles. The number of hydrogen-bond donors (Lipinski definition) is 1. The number of ether oxygens (including phenoxy) is 1. The molecule has 1 heterocycles. The molecule has 6 nitrogen and oxygen atoms in total. The van der Waals surface area contributed by atoms with Gasteiger partial charge in [0, 0.05) is 0 Å². The molecule has 7 heteroatoms. The molecular weight excluding hydrogens is 278 g/mol. The topological polar surface area (TPSA) is 77.2 Å². The van der Waals surface area contributed by atoms with Crippen LogP contribution in [0.4, 0.5) is 0 Å². The summed E-state index contributed by atoms with van der Waals surface area (Å²) in [6.07, 6.45) is 1.61. The molecule has 2 rings (SSSR count). The maximum absolute atomic E-state index is 10.6. The molecule has 1 atom stereocenters. The molecule has 1 N–H and O–H groups in total. The number of rotatable bonds is 6. The third kappa shape index (κ3) is 3.30. The third-order valence-electron chi connectivity index (χ3n) is 2.88. The molecule has 1 aromatic heterocycles. The zero-order valence-electron chi connectivity index (χ0n) is 11.2. The van der Waals surface area contributed by atoms with Crippen LogP contribution in [0, 0.1) is 0 Å². The van der Waals surface area contributed by atoms with E-state index in [1.807, 2.05) is 35.8 Å². The normalized spacial score (nSPS) is 12.1. The second-order valence-corrected chi connectivity index (χ2v) is 5.09. The zero-order chi connectivity index (χ0) is 14.5. The summed E-state index contributed by atoms with van der Waals surface area (Å²) in [6, 6.07) is 7.73. The highest BCUT2D eigenvalue weighted by molar-refractivity contribution is 7.99. The Hall–Kier alpha value is -2.02. The molecule has 0 saturated heterocycles. The van der Waals surface area contributed by atoms with Crippen molar-refractivity contribution in [2.45, 2.75) is 18.1 Å². The number of aromatic nitrogens is 3. The molecule has 20 heavy (non-hydrogen) atoms. The molecule has 106 valence electrons. The predicted octanol–water partition coefficient (Wildman–Crippen LogP) is 2.07.